The number of carbonyl (C=O) groups excluding carboxylic acids is 1. The fourth-order valence-corrected chi connectivity index (χ4v) is 1.36. The average molecular weight is 249 g/mol. The third kappa shape index (κ3) is 2.39. The molecule has 7 nitrogen and oxygen atoms in total. The van der Waals surface area contributed by atoms with E-state index in [1.807, 2.05) is 6.92 Å². The number of aromatic nitrogens is 4. The molecular formula is C11H15N5O2. The summed E-state index contributed by atoms with van der Waals surface area (Å²) >= 11 is 0. The van der Waals surface area contributed by atoms with Crippen molar-refractivity contribution in [3.63, 3.8) is 0 Å². The summed E-state index contributed by atoms with van der Waals surface area (Å²) in [6.07, 6.45) is 1.51. The summed E-state index contributed by atoms with van der Waals surface area (Å²) in [5.74, 6) is 0.308. The predicted molar refractivity (Wildman–Crippen MR) is 66.3 cm³/mol. The molecule has 0 aliphatic carbocycles. The molecule has 2 aromatic rings. The zero-order valence-electron chi connectivity index (χ0n) is 10.5. The van der Waals surface area contributed by atoms with Crippen LogP contribution in [-0.2, 0) is 4.79 Å². The van der Waals surface area contributed by atoms with Crippen LogP contribution < -0.4 is 10.1 Å². The molecule has 0 atom stereocenters. The third-order valence-corrected chi connectivity index (χ3v) is 2.29. The lowest BCUT2D eigenvalue weighted by molar-refractivity contribution is -0.118. The fraction of sp³-hybridized carbons (Fsp3) is 0.455. The second-order valence-electron chi connectivity index (χ2n) is 4.03. The van der Waals surface area contributed by atoms with Gasteiger partial charge < -0.3 is 9.72 Å². The van der Waals surface area contributed by atoms with Gasteiger partial charge in [-0.1, -0.05) is 13.8 Å². The Morgan fingerprint density at radius 1 is 1.50 bits per heavy atom. The molecule has 18 heavy (non-hydrogen) atoms. The molecule has 0 aliphatic rings. The first-order chi connectivity index (χ1) is 8.61. The highest BCUT2D eigenvalue weighted by molar-refractivity contribution is 5.91. The van der Waals surface area contributed by atoms with Crippen molar-refractivity contribution in [2.75, 3.05) is 11.9 Å². The number of amides is 1. The average Bonchev–Trinajstić information content (AvgIpc) is 2.77. The van der Waals surface area contributed by atoms with Crippen molar-refractivity contribution in [3.8, 4) is 5.88 Å². The lowest BCUT2D eigenvalue weighted by Gasteiger charge is -2.08. The van der Waals surface area contributed by atoms with Gasteiger partial charge in [-0.25, -0.2) is 4.98 Å². The van der Waals surface area contributed by atoms with E-state index >= 15 is 0 Å². The quantitative estimate of drug-likeness (QED) is 0.853. The number of ether oxygens (including phenoxy) is 1. The van der Waals surface area contributed by atoms with E-state index in [0.29, 0.717) is 23.7 Å². The Morgan fingerprint density at radius 3 is 2.94 bits per heavy atom. The summed E-state index contributed by atoms with van der Waals surface area (Å²) < 4.78 is 5.39. The molecule has 0 fully saturated rings. The molecule has 2 N–H and O–H groups in total. The predicted octanol–water partition coefficient (Wildman–Crippen LogP) is 1.35. The second kappa shape index (κ2) is 4.99. The minimum atomic E-state index is -0.146. The van der Waals surface area contributed by atoms with Gasteiger partial charge in [0.1, 0.15) is 5.52 Å². The van der Waals surface area contributed by atoms with E-state index in [1.54, 1.807) is 13.8 Å². The first-order valence-electron chi connectivity index (χ1n) is 5.76. The van der Waals surface area contributed by atoms with Crippen molar-refractivity contribution < 1.29 is 9.53 Å². The SMILES string of the molecule is CCOc1nc(NC(=O)C(C)C)nc2nc[nH]c12. The molecule has 96 valence electrons. The van der Waals surface area contributed by atoms with Gasteiger partial charge in [0.15, 0.2) is 5.65 Å². The van der Waals surface area contributed by atoms with E-state index in [4.69, 9.17) is 4.74 Å². The van der Waals surface area contributed by atoms with E-state index in [9.17, 15) is 4.79 Å². The highest BCUT2D eigenvalue weighted by atomic mass is 16.5. The van der Waals surface area contributed by atoms with E-state index in [2.05, 4.69) is 25.3 Å². The number of hydrogen-bond acceptors (Lipinski definition) is 5. The molecule has 0 aromatic carbocycles. The number of nitrogens with zero attached hydrogens (tertiary/aromatic N) is 3. The number of imidazole rings is 1. The first-order valence-corrected chi connectivity index (χ1v) is 5.76. The summed E-state index contributed by atoms with van der Waals surface area (Å²) in [7, 11) is 0. The van der Waals surface area contributed by atoms with Crippen molar-refractivity contribution in [2.45, 2.75) is 20.8 Å². The van der Waals surface area contributed by atoms with Gasteiger partial charge in [-0.05, 0) is 6.92 Å². The molecule has 0 saturated heterocycles. The molecule has 0 spiro atoms. The summed E-state index contributed by atoms with van der Waals surface area (Å²) in [6, 6.07) is 0. The van der Waals surface area contributed by atoms with Crippen LogP contribution >= 0.6 is 0 Å². The molecule has 2 heterocycles. The van der Waals surface area contributed by atoms with Crippen molar-refractivity contribution in [1.29, 1.82) is 0 Å². The maximum atomic E-state index is 11.6. The second-order valence-corrected chi connectivity index (χ2v) is 4.03. The van der Waals surface area contributed by atoms with Crippen LogP contribution in [0.25, 0.3) is 11.2 Å². The minimum absolute atomic E-state index is 0.140. The third-order valence-electron chi connectivity index (χ3n) is 2.29. The molecule has 0 unspecified atom stereocenters. The summed E-state index contributed by atoms with van der Waals surface area (Å²) in [6.45, 7) is 5.93. The number of aromatic amines is 1. The van der Waals surface area contributed by atoms with Crippen LogP contribution in [0.15, 0.2) is 6.33 Å². The minimum Gasteiger partial charge on any atom is -0.476 e. The first kappa shape index (κ1) is 12.3. The number of rotatable bonds is 4. The van der Waals surface area contributed by atoms with Crippen LogP contribution in [0.2, 0.25) is 0 Å². The number of hydrogen-bond donors (Lipinski definition) is 2. The van der Waals surface area contributed by atoms with Crippen molar-refractivity contribution >= 4 is 23.0 Å². The number of carbonyl (C=O) groups is 1. The number of H-pyrrole nitrogens is 1. The Balaban J connectivity index is 2.36. The van der Waals surface area contributed by atoms with Crippen molar-refractivity contribution in [3.05, 3.63) is 6.33 Å². The zero-order valence-corrected chi connectivity index (χ0v) is 10.5. The van der Waals surface area contributed by atoms with Crippen LogP contribution in [0.4, 0.5) is 5.95 Å². The number of nitrogens with one attached hydrogen (secondary N) is 2. The summed E-state index contributed by atoms with van der Waals surface area (Å²) in [5, 5.41) is 2.63. The van der Waals surface area contributed by atoms with E-state index < -0.39 is 0 Å². The Hall–Kier alpha value is -2.18. The van der Waals surface area contributed by atoms with Crippen LogP contribution in [0, 0.1) is 5.92 Å². The van der Waals surface area contributed by atoms with Gasteiger partial charge in [0.2, 0.25) is 17.7 Å². The molecule has 1 amide bonds. The molecule has 0 radical (unpaired) electrons. The smallest absolute Gasteiger partial charge is 0.245 e. The van der Waals surface area contributed by atoms with Gasteiger partial charge >= 0.3 is 0 Å². The van der Waals surface area contributed by atoms with Gasteiger partial charge in [0.25, 0.3) is 0 Å². The van der Waals surface area contributed by atoms with E-state index in [1.165, 1.54) is 6.33 Å². The van der Waals surface area contributed by atoms with Crippen LogP contribution in [0.5, 0.6) is 5.88 Å². The highest BCUT2D eigenvalue weighted by Gasteiger charge is 2.14. The van der Waals surface area contributed by atoms with Crippen LogP contribution in [0.1, 0.15) is 20.8 Å². The van der Waals surface area contributed by atoms with E-state index in [0.717, 1.165) is 0 Å². The largest absolute Gasteiger partial charge is 0.476 e. The molecule has 7 heteroatoms. The lowest BCUT2D eigenvalue weighted by Crippen LogP contribution is -2.19. The van der Waals surface area contributed by atoms with Gasteiger partial charge in [0, 0.05) is 5.92 Å². The Kier molecular flexibility index (Phi) is 3.40. The zero-order chi connectivity index (χ0) is 13.1. The topological polar surface area (TPSA) is 92.8 Å². The van der Waals surface area contributed by atoms with Gasteiger partial charge in [0.05, 0.1) is 12.9 Å². The Bertz CT molecular complexity index is 564. The van der Waals surface area contributed by atoms with Crippen molar-refractivity contribution in [2.24, 2.45) is 5.92 Å². The van der Waals surface area contributed by atoms with Crippen LogP contribution in [-0.4, -0.2) is 32.4 Å². The van der Waals surface area contributed by atoms with Crippen LogP contribution in [0.3, 0.4) is 0 Å². The Labute approximate surface area is 104 Å². The fourth-order valence-electron chi connectivity index (χ4n) is 1.36. The summed E-state index contributed by atoms with van der Waals surface area (Å²) in [5.41, 5.74) is 1.09. The standard InChI is InChI=1S/C11H15N5O2/c1-4-18-10-7-8(13-5-12-7)14-11(16-10)15-9(17)6(2)3/h5-6H,4H2,1-3H3,(H2,12,13,14,15,16,17). The maximum Gasteiger partial charge on any atom is 0.245 e. The molecular weight excluding hydrogens is 234 g/mol. The van der Waals surface area contributed by atoms with Gasteiger partial charge in [-0.15, -0.1) is 0 Å². The molecule has 2 aromatic heterocycles. The lowest BCUT2D eigenvalue weighted by atomic mass is 10.2. The molecule has 0 bridgehead atoms. The Morgan fingerprint density at radius 2 is 2.28 bits per heavy atom. The summed E-state index contributed by atoms with van der Waals surface area (Å²) in [4.78, 5) is 26.8. The van der Waals surface area contributed by atoms with E-state index in [-0.39, 0.29) is 17.8 Å². The monoisotopic (exact) mass is 249 g/mol. The number of fused-ring (bicyclic) bond motifs is 1. The van der Waals surface area contributed by atoms with Gasteiger partial charge in [-0.2, -0.15) is 9.97 Å². The normalized spacial score (nSPS) is 10.9. The highest BCUT2D eigenvalue weighted by Crippen LogP contribution is 2.20. The van der Waals surface area contributed by atoms with Crippen molar-refractivity contribution in [1.82, 2.24) is 19.9 Å². The number of anilines is 1. The molecule has 2 rings (SSSR count). The van der Waals surface area contributed by atoms with Gasteiger partial charge in [-0.3, -0.25) is 10.1 Å². The maximum absolute atomic E-state index is 11.6. The molecule has 0 saturated carbocycles. The molecule has 0 aliphatic heterocycles.